The molecule has 0 bridgehead atoms. The van der Waals surface area contributed by atoms with Gasteiger partial charge in [-0.1, -0.05) is 19.9 Å². The molecule has 6 heteroatoms. The van der Waals surface area contributed by atoms with E-state index in [1.54, 1.807) is 23.1 Å². The van der Waals surface area contributed by atoms with Crippen molar-refractivity contribution in [3.8, 4) is 0 Å². The van der Waals surface area contributed by atoms with Crippen molar-refractivity contribution in [3.05, 3.63) is 42.4 Å². The van der Waals surface area contributed by atoms with Gasteiger partial charge in [-0.3, -0.25) is 15.0 Å². The van der Waals surface area contributed by atoms with Gasteiger partial charge in [0.15, 0.2) is 5.82 Å². The summed E-state index contributed by atoms with van der Waals surface area (Å²) in [4.78, 5) is 15.7. The van der Waals surface area contributed by atoms with E-state index in [9.17, 15) is 4.79 Å². The number of amides is 2. The molecule has 0 atom stereocenters. The highest BCUT2D eigenvalue weighted by molar-refractivity contribution is 5.88. The molecule has 2 rings (SSSR count). The molecule has 2 aromatic heterocycles. The van der Waals surface area contributed by atoms with Crippen molar-refractivity contribution in [3.63, 3.8) is 0 Å². The van der Waals surface area contributed by atoms with E-state index in [4.69, 9.17) is 0 Å². The molecule has 2 aromatic rings. The van der Waals surface area contributed by atoms with Crippen molar-refractivity contribution in [1.29, 1.82) is 0 Å². The van der Waals surface area contributed by atoms with E-state index in [2.05, 4.69) is 20.7 Å². The summed E-state index contributed by atoms with van der Waals surface area (Å²) >= 11 is 0. The lowest BCUT2D eigenvalue weighted by Gasteiger charge is -2.07. The smallest absolute Gasteiger partial charge is 0.320 e. The highest BCUT2D eigenvalue weighted by Gasteiger charge is 2.05. The second-order valence-corrected chi connectivity index (χ2v) is 4.99. The molecule has 0 fully saturated rings. The number of hydrogen-bond donors (Lipinski definition) is 2. The Morgan fingerprint density at radius 2 is 2.25 bits per heavy atom. The number of anilines is 1. The van der Waals surface area contributed by atoms with Crippen LogP contribution in [0.4, 0.5) is 10.6 Å². The molecule has 0 aliphatic heterocycles. The molecular formula is C14H19N5O. The number of hydrogen-bond acceptors (Lipinski definition) is 3. The minimum absolute atomic E-state index is 0.231. The van der Waals surface area contributed by atoms with E-state index in [0.717, 1.165) is 5.56 Å². The Morgan fingerprint density at radius 1 is 1.40 bits per heavy atom. The van der Waals surface area contributed by atoms with Crippen LogP contribution in [0.3, 0.4) is 0 Å². The zero-order chi connectivity index (χ0) is 14.4. The van der Waals surface area contributed by atoms with Crippen LogP contribution in [0.5, 0.6) is 0 Å². The molecule has 0 saturated heterocycles. The van der Waals surface area contributed by atoms with Crippen LogP contribution in [0.25, 0.3) is 0 Å². The first kappa shape index (κ1) is 14.0. The fraction of sp³-hybridized carbons (Fsp3) is 0.357. The third-order valence-corrected chi connectivity index (χ3v) is 2.62. The van der Waals surface area contributed by atoms with Crippen LogP contribution >= 0.6 is 0 Å². The first-order chi connectivity index (χ1) is 9.63. The van der Waals surface area contributed by atoms with Crippen molar-refractivity contribution in [2.24, 2.45) is 5.92 Å². The van der Waals surface area contributed by atoms with Gasteiger partial charge in [-0.2, -0.15) is 5.10 Å². The fourth-order valence-electron chi connectivity index (χ4n) is 1.65. The van der Waals surface area contributed by atoms with E-state index in [1.807, 2.05) is 32.2 Å². The van der Waals surface area contributed by atoms with Crippen molar-refractivity contribution < 1.29 is 4.79 Å². The highest BCUT2D eigenvalue weighted by Crippen LogP contribution is 2.05. The van der Waals surface area contributed by atoms with Crippen LogP contribution in [-0.2, 0) is 6.54 Å². The number of urea groups is 1. The summed E-state index contributed by atoms with van der Waals surface area (Å²) in [6, 6.07) is 5.41. The Labute approximate surface area is 118 Å². The van der Waals surface area contributed by atoms with E-state index in [0.29, 0.717) is 24.8 Å². The maximum atomic E-state index is 11.6. The molecule has 20 heavy (non-hydrogen) atoms. The van der Waals surface area contributed by atoms with E-state index in [1.165, 1.54) is 0 Å². The van der Waals surface area contributed by atoms with Gasteiger partial charge in [0.1, 0.15) is 0 Å². The summed E-state index contributed by atoms with van der Waals surface area (Å²) < 4.78 is 1.76. The normalized spacial score (nSPS) is 10.6. The van der Waals surface area contributed by atoms with Crippen LogP contribution in [-0.4, -0.2) is 27.3 Å². The largest absolute Gasteiger partial charge is 0.338 e. The summed E-state index contributed by atoms with van der Waals surface area (Å²) in [5, 5.41) is 9.78. The van der Waals surface area contributed by atoms with Gasteiger partial charge in [0.2, 0.25) is 0 Å². The van der Waals surface area contributed by atoms with Crippen molar-refractivity contribution in [1.82, 2.24) is 20.1 Å². The molecule has 0 radical (unpaired) electrons. The molecule has 2 heterocycles. The Bertz CT molecular complexity index is 550. The quantitative estimate of drug-likeness (QED) is 0.876. The summed E-state index contributed by atoms with van der Waals surface area (Å²) in [5.74, 6) is 0.957. The van der Waals surface area contributed by atoms with Gasteiger partial charge < -0.3 is 5.32 Å². The molecule has 0 saturated carbocycles. The zero-order valence-electron chi connectivity index (χ0n) is 11.7. The highest BCUT2D eigenvalue weighted by atomic mass is 16.2. The summed E-state index contributed by atoms with van der Waals surface area (Å²) in [7, 11) is 0. The zero-order valence-corrected chi connectivity index (χ0v) is 11.7. The second kappa shape index (κ2) is 6.70. The van der Waals surface area contributed by atoms with Crippen molar-refractivity contribution in [2.75, 3.05) is 11.9 Å². The van der Waals surface area contributed by atoms with Crippen LogP contribution in [0.15, 0.2) is 36.8 Å². The molecule has 0 aliphatic carbocycles. The van der Waals surface area contributed by atoms with Crippen LogP contribution in [0.2, 0.25) is 0 Å². The summed E-state index contributed by atoms with van der Waals surface area (Å²) in [6.07, 6.45) is 5.35. The Hall–Kier alpha value is -2.37. The Kier molecular flexibility index (Phi) is 4.70. The second-order valence-electron chi connectivity index (χ2n) is 4.99. The topological polar surface area (TPSA) is 71.8 Å². The standard InChI is InChI=1S/C14H19N5O/c1-11(2)8-16-14(20)17-13-5-7-19(18-13)10-12-4-3-6-15-9-12/h3-7,9,11H,8,10H2,1-2H3,(H2,16,17,18,20). The molecular weight excluding hydrogens is 254 g/mol. The number of carbonyl (C=O) groups is 1. The van der Waals surface area contributed by atoms with Gasteiger partial charge in [0.05, 0.1) is 6.54 Å². The van der Waals surface area contributed by atoms with Crippen molar-refractivity contribution in [2.45, 2.75) is 20.4 Å². The number of carbonyl (C=O) groups excluding carboxylic acids is 1. The Morgan fingerprint density at radius 3 is 2.95 bits per heavy atom. The third kappa shape index (κ3) is 4.38. The lowest BCUT2D eigenvalue weighted by atomic mass is 10.2. The molecule has 106 valence electrons. The lowest BCUT2D eigenvalue weighted by molar-refractivity contribution is 0.251. The fourth-order valence-corrected chi connectivity index (χ4v) is 1.65. The minimum Gasteiger partial charge on any atom is -0.338 e. The molecule has 0 unspecified atom stereocenters. The Balaban J connectivity index is 1.87. The molecule has 6 nitrogen and oxygen atoms in total. The predicted octanol–water partition coefficient (Wildman–Crippen LogP) is 2.10. The van der Waals surface area contributed by atoms with Crippen molar-refractivity contribution >= 4 is 11.8 Å². The number of aromatic nitrogens is 3. The first-order valence-corrected chi connectivity index (χ1v) is 6.60. The molecule has 2 amide bonds. The van der Waals surface area contributed by atoms with Gasteiger partial charge in [-0.15, -0.1) is 0 Å². The van der Waals surface area contributed by atoms with Crippen LogP contribution < -0.4 is 10.6 Å². The lowest BCUT2D eigenvalue weighted by Crippen LogP contribution is -2.31. The molecule has 0 spiro atoms. The molecule has 2 N–H and O–H groups in total. The van der Waals surface area contributed by atoms with Gasteiger partial charge in [-0.25, -0.2) is 4.79 Å². The molecule has 0 aromatic carbocycles. The van der Waals surface area contributed by atoms with E-state index in [-0.39, 0.29) is 6.03 Å². The average molecular weight is 273 g/mol. The SMILES string of the molecule is CC(C)CNC(=O)Nc1ccn(Cc2cccnc2)n1. The number of pyridine rings is 1. The predicted molar refractivity (Wildman–Crippen MR) is 77.4 cm³/mol. The maximum Gasteiger partial charge on any atom is 0.320 e. The number of rotatable bonds is 5. The van der Waals surface area contributed by atoms with Crippen LogP contribution in [0.1, 0.15) is 19.4 Å². The molecule has 0 aliphatic rings. The average Bonchev–Trinajstić information content (AvgIpc) is 2.85. The van der Waals surface area contributed by atoms with Gasteiger partial charge in [-0.05, 0) is 17.5 Å². The van der Waals surface area contributed by atoms with Crippen LogP contribution in [0, 0.1) is 5.92 Å². The summed E-state index contributed by atoms with van der Waals surface area (Å²) in [5.41, 5.74) is 1.06. The maximum absolute atomic E-state index is 11.6. The number of nitrogens with zero attached hydrogens (tertiary/aromatic N) is 3. The minimum atomic E-state index is -0.231. The number of nitrogens with one attached hydrogen (secondary N) is 2. The first-order valence-electron chi connectivity index (χ1n) is 6.60. The van der Waals surface area contributed by atoms with E-state index < -0.39 is 0 Å². The van der Waals surface area contributed by atoms with Gasteiger partial charge in [0.25, 0.3) is 0 Å². The van der Waals surface area contributed by atoms with E-state index >= 15 is 0 Å². The third-order valence-electron chi connectivity index (χ3n) is 2.62. The van der Waals surface area contributed by atoms with Gasteiger partial charge >= 0.3 is 6.03 Å². The summed E-state index contributed by atoms with van der Waals surface area (Å²) in [6.45, 7) is 5.36. The monoisotopic (exact) mass is 273 g/mol. The van der Waals surface area contributed by atoms with Gasteiger partial charge in [0, 0.05) is 31.2 Å².